The standard InChI is InChI=1S/C18H22N2O/c1-4-15-12-8-9-13(2)17(15)20-18(21)19-14(3)16-10-6-5-7-11-16/h5-12,14H,4H2,1-3H3,(H2,19,20,21)/t14-/m1/s1. The highest BCUT2D eigenvalue weighted by Crippen LogP contribution is 2.21. The topological polar surface area (TPSA) is 41.1 Å². The largest absolute Gasteiger partial charge is 0.331 e. The quantitative estimate of drug-likeness (QED) is 0.855. The van der Waals surface area contributed by atoms with E-state index in [1.807, 2.05) is 62.4 Å². The molecule has 2 aromatic rings. The Labute approximate surface area is 126 Å². The maximum Gasteiger partial charge on any atom is 0.319 e. The summed E-state index contributed by atoms with van der Waals surface area (Å²) in [6.45, 7) is 6.08. The third-order valence-corrected chi connectivity index (χ3v) is 3.63. The van der Waals surface area contributed by atoms with E-state index in [0.29, 0.717) is 0 Å². The number of hydrogen-bond acceptors (Lipinski definition) is 1. The van der Waals surface area contributed by atoms with Gasteiger partial charge < -0.3 is 10.6 Å². The van der Waals surface area contributed by atoms with E-state index in [4.69, 9.17) is 0 Å². The second kappa shape index (κ2) is 6.93. The Balaban J connectivity index is 2.06. The molecule has 0 fully saturated rings. The van der Waals surface area contributed by atoms with Crippen molar-refractivity contribution >= 4 is 11.7 Å². The van der Waals surface area contributed by atoms with Gasteiger partial charge in [-0.3, -0.25) is 0 Å². The Morgan fingerprint density at radius 2 is 1.81 bits per heavy atom. The zero-order valence-electron chi connectivity index (χ0n) is 12.8. The summed E-state index contributed by atoms with van der Waals surface area (Å²) < 4.78 is 0. The summed E-state index contributed by atoms with van der Waals surface area (Å²) in [6, 6.07) is 15.8. The van der Waals surface area contributed by atoms with E-state index in [1.54, 1.807) is 0 Å². The predicted molar refractivity (Wildman–Crippen MR) is 87.6 cm³/mol. The number of amides is 2. The maximum atomic E-state index is 12.2. The number of nitrogens with one attached hydrogen (secondary N) is 2. The van der Waals surface area contributed by atoms with E-state index in [1.165, 1.54) is 0 Å². The van der Waals surface area contributed by atoms with Crippen molar-refractivity contribution in [1.29, 1.82) is 0 Å². The zero-order valence-corrected chi connectivity index (χ0v) is 12.8. The van der Waals surface area contributed by atoms with E-state index in [9.17, 15) is 4.79 Å². The van der Waals surface area contributed by atoms with Crippen LogP contribution in [0.1, 0.15) is 36.6 Å². The van der Waals surface area contributed by atoms with Crippen LogP contribution >= 0.6 is 0 Å². The molecule has 0 aliphatic heterocycles. The van der Waals surface area contributed by atoms with Gasteiger partial charge in [0.05, 0.1) is 6.04 Å². The maximum absolute atomic E-state index is 12.2. The Hall–Kier alpha value is -2.29. The molecular weight excluding hydrogens is 260 g/mol. The van der Waals surface area contributed by atoms with E-state index in [-0.39, 0.29) is 12.1 Å². The minimum absolute atomic E-state index is 0.0275. The fourth-order valence-electron chi connectivity index (χ4n) is 2.37. The van der Waals surface area contributed by atoms with Crippen LogP contribution in [-0.2, 0) is 6.42 Å². The molecular formula is C18H22N2O. The molecule has 2 aromatic carbocycles. The highest BCUT2D eigenvalue weighted by Gasteiger charge is 2.11. The highest BCUT2D eigenvalue weighted by atomic mass is 16.2. The number of carbonyl (C=O) groups excluding carboxylic acids is 1. The molecule has 0 aliphatic carbocycles. The molecule has 110 valence electrons. The van der Waals surface area contributed by atoms with Crippen LogP contribution in [0.4, 0.5) is 10.5 Å². The Morgan fingerprint density at radius 1 is 1.10 bits per heavy atom. The van der Waals surface area contributed by atoms with Gasteiger partial charge in [-0.05, 0) is 37.0 Å². The van der Waals surface area contributed by atoms with Crippen LogP contribution in [0, 0.1) is 6.92 Å². The van der Waals surface area contributed by atoms with Crippen molar-refractivity contribution in [2.75, 3.05) is 5.32 Å². The average Bonchev–Trinajstić information content (AvgIpc) is 2.50. The summed E-state index contributed by atoms with van der Waals surface area (Å²) in [5, 5.41) is 5.95. The summed E-state index contributed by atoms with van der Waals surface area (Å²) in [5.74, 6) is 0. The lowest BCUT2D eigenvalue weighted by Gasteiger charge is -2.17. The summed E-state index contributed by atoms with van der Waals surface area (Å²) >= 11 is 0. The second-order valence-corrected chi connectivity index (χ2v) is 5.19. The van der Waals surface area contributed by atoms with Gasteiger partial charge in [0.15, 0.2) is 0 Å². The molecule has 0 heterocycles. The molecule has 3 heteroatoms. The SMILES string of the molecule is CCc1cccc(C)c1NC(=O)N[C@H](C)c1ccccc1. The van der Waals surface area contributed by atoms with Crippen LogP contribution in [0.15, 0.2) is 48.5 Å². The number of urea groups is 1. The number of para-hydroxylation sites is 1. The molecule has 0 spiro atoms. The van der Waals surface area contributed by atoms with Gasteiger partial charge in [-0.1, -0.05) is 55.5 Å². The van der Waals surface area contributed by atoms with E-state index in [2.05, 4.69) is 17.6 Å². The van der Waals surface area contributed by atoms with Crippen molar-refractivity contribution in [3.05, 3.63) is 65.2 Å². The Kier molecular flexibility index (Phi) is 4.99. The van der Waals surface area contributed by atoms with Gasteiger partial charge in [0, 0.05) is 5.69 Å². The molecule has 0 aromatic heterocycles. The lowest BCUT2D eigenvalue weighted by Crippen LogP contribution is -2.31. The number of hydrogen-bond donors (Lipinski definition) is 2. The molecule has 0 bridgehead atoms. The van der Waals surface area contributed by atoms with Gasteiger partial charge >= 0.3 is 6.03 Å². The third kappa shape index (κ3) is 3.85. The molecule has 2 N–H and O–H groups in total. The first-order valence-electron chi connectivity index (χ1n) is 7.32. The zero-order chi connectivity index (χ0) is 15.2. The lowest BCUT2D eigenvalue weighted by atomic mass is 10.1. The number of carbonyl (C=O) groups is 1. The number of rotatable bonds is 4. The summed E-state index contributed by atoms with van der Waals surface area (Å²) in [6.07, 6.45) is 0.894. The van der Waals surface area contributed by atoms with Gasteiger partial charge in [0.25, 0.3) is 0 Å². The van der Waals surface area contributed by atoms with Gasteiger partial charge in [0.2, 0.25) is 0 Å². The van der Waals surface area contributed by atoms with Crippen molar-refractivity contribution in [2.24, 2.45) is 0 Å². The summed E-state index contributed by atoms with van der Waals surface area (Å²) in [5.41, 5.74) is 4.24. The van der Waals surface area contributed by atoms with Crippen LogP contribution < -0.4 is 10.6 Å². The van der Waals surface area contributed by atoms with Gasteiger partial charge in [0.1, 0.15) is 0 Å². The van der Waals surface area contributed by atoms with E-state index in [0.717, 1.165) is 28.8 Å². The molecule has 0 saturated heterocycles. The van der Waals surface area contributed by atoms with Gasteiger partial charge in [-0.25, -0.2) is 4.79 Å². The third-order valence-electron chi connectivity index (χ3n) is 3.63. The first-order chi connectivity index (χ1) is 10.1. The molecule has 0 unspecified atom stereocenters. The number of anilines is 1. The fraction of sp³-hybridized carbons (Fsp3) is 0.278. The molecule has 3 nitrogen and oxygen atoms in total. The second-order valence-electron chi connectivity index (χ2n) is 5.19. The van der Waals surface area contributed by atoms with Crippen LogP contribution in [0.25, 0.3) is 0 Å². The molecule has 21 heavy (non-hydrogen) atoms. The van der Waals surface area contributed by atoms with Gasteiger partial charge in [-0.15, -0.1) is 0 Å². The van der Waals surface area contributed by atoms with Crippen LogP contribution in [-0.4, -0.2) is 6.03 Å². The number of benzene rings is 2. The van der Waals surface area contributed by atoms with Crippen LogP contribution in [0.2, 0.25) is 0 Å². The molecule has 0 aliphatic rings. The molecule has 2 rings (SSSR count). The smallest absolute Gasteiger partial charge is 0.319 e. The molecule has 0 saturated carbocycles. The molecule has 1 atom stereocenters. The summed E-state index contributed by atoms with van der Waals surface area (Å²) in [4.78, 5) is 12.2. The lowest BCUT2D eigenvalue weighted by molar-refractivity contribution is 0.249. The van der Waals surface area contributed by atoms with E-state index >= 15 is 0 Å². The minimum Gasteiger partial charge on any atom is -0.331 e. The van der Waals surface area contributed by atoms with E-state index < -0.39 is 0 Å². The normalized spacial score (nSPS) is 11.8. The Morgan fingerprint density at radius 3 is 2.48 bits per heavy atom. The van der Waals surface area contributed by atoms with Crippen molar-refractivity contribution < 1.29 is 4.79 Å². The number of aryl methyl sites for hydroxylation is 2. The first-order valence-corrected chi connectivity index (χ1v) is 7.32. The Bertz CT molecular complexity index is 608. The predicted octanol–water partition coefficient (Wildman–Crippen LogP) is 4.44. The van der Waals surface area contributed by atoms with Crippen LogP contribution in [0.3, 0.4) is 0 Å². The fourth-order valence-corrected chi connectivity index (χ4v) is 2.37. The average molecular weight is 282 g/mol. The highest BCUT2D eigenvalue weighted by molar-refractivity contribution is 5.91. The summed E-state index contributed by atoms with van der Waals surface area (Å²) in [7, 11) is 0. The monoisotopic (exact) mass is 282 g/mol. The van der Waals surface area contributed by atoms with Crippen molar-refractivity contribution in [1.82, 2.24) is 5.32 Å². The van der Waals surface area contributed by atoms with Crippen LogP contribution in [0.5, 0.6) is 0 Å². The van der Waals surface area contributed by atoms with Gasteiger partial charge in [-0.2, -0.15) is 0 Å². The van der Waals surface area contributed by atoms with Crippen molar-refractivity contribution in [3.63, 3.8) is 0 Å². The van der Waals surface area contributed by atoms with Crippen molar-refractivity contribution in [2.45, 2.75) is 33.2 Å². The molecule has 2 amide bonds. The van der Waals surface area contributed by atoms with Crippen molar-refractivity contribution in [3.8, 4) is 0 Å². The first kappa shape index (κ1) is 15.1. The minimum atomic E-state index is -0.171. The molecule has 0 radical (unpaired) electrons.